The number of ether oxygens (including phenoxy) is 1. The van der Waals surface area contributed by atoms with E-state index in [2.05, 4.69) is 25.6 Å². The number of methoxy groups -OCH3 is 1. The highest BCUT2D eigenvalue weighted by molar-refractivity contribution is 5.73. The predicted molar refractivity (Wildman–Crippen MR) is 102 cm³/mol. The summed E-state index contributed by atoms with van der Waals surface area (Å²) < 4.78 is 7.20. The van der Waals surface area contributed by atoms with Crippen LogP contribution in [-0.2, 0) is 13.1 Å². The van der Waals surface area contributed by atoms with Gasteiger partial charge in [-0.2, -0.15) is 0 Å². The molecule has 1 aromatic carbocycles. The second kappa shape index (κ2) is 8.70. The fourth-order valence-electron chi connectivity index (χ4n) is 2.49. The molecule has 0 fully saturated rings. The fourth-order valence-corrected chi connectivity index (χ4v) is 2.49. The maximum atomic E-state index is 6.18. The van der Waals surface area contributed by atoms with Crippen LogP contribution in [0.3, 0.4) is 0 Å². The molecule has 0 bridgehead atoms. The Morgan fingerprint density at radius 1 is 1.12 bits per heavy atom. The summed E-state index contributed by atoms with van der Waals surface area (Å²) in [4.78, 5) is 12.5. The third-order valence-electron chi connectivity index (χ3n) is 3.95. The Hall–Kier alpha value is -3.29. The number of hydrogen-bond donors (Lipinski definition) is 3. The largest absolute Gasteiger partial charge is 0.497 e. The Morgan fingerprint density at radius 2 is 1.88 bits per heavy atom. The van der Waals surface area contributed by atoms with Crippen LogP contribution in [0.15, 0.2) is 49.3 Å². The van der Waals surface area contributed by atoms with Gasteiger partial charge in [0.25, 0.3) is 0 Å². The Balaban J connectivity index is 1.52. The first-order chi connectivity index (χ1) is 12.8. The second-order valence-corrected chi connectivity index (χ2v) is 5.77. The third-order valence-corrected chi connectivity index (χ3v) is 3.95. The van der Waals surface area contributed by atoms with E-state index in [-0.39, 0.29) is 0 Å². The number of nitrogen functional groups attached to an aromatic ring is 1. The van der Waals surface area contributed by atoms with Crippen molar-refractivity contribution in [2.75, 3.05) is 30.0 Å². The molecule has 0 aliphatic rings. The Kier molecular flexibility index (Phi) is 5.87. The van der Waals surface area contributed by atoms with Gasteiger partial charge in [0.05, 0.1) is 13.4 Å². The molecule has 4 N–H and O–H groups in total. The minimum absolute atomic E-state index is 0.517. The van der Waals surface area contributed by atoms with Gasteiger partial charge in [-0.25, -0.2) is 15.0 Å². The molecule has 0 aliphatic carbocycles. The summed E-state index contributed by atoms with van der Waals surface area (Å²) in [5, 5.41) is 6.51. The molecule has 0 spiro atoms. The van der Waals surface area contributed by atoms with E-state index < -0.39 is 0 Å². The van der Waals surface area contributed by atoms with Crippen LogP contribution in [0.2, 0.25) is 0 Å². The van der Waals surface area contributed by atoms with E-state index in [4.69, 9.17) is 10.5 Å². The number of benzene rings is 1. The number of rotatable bonds is 9. The topological polar surface area (TPSA) is 103 Å². The van der Waals surface area contributed by atoms with Gasteiger partial charge in [0.15, 0.2) is 11.6 Å². The molecule has 136 valence electrons. The number of anilines is 3. The molecule has 2 aromatic heterocycles. The first kappa shape index (κ1) is 17.5. The average molecular weight is 353 g/mol. The van der Waals surface area contributed by atoms with Crippen molar-refractivity contribution in [1.82, 2.24) is 19.5 Å². The number of nitrogens with two attached hydrogens (primary N) is 1. The summed E-state index contributed by atoms with van der Waals surface area (Å²) in [6.07, 6.45) is 7.97. The number of aromatic nitrogens is 4. The molecule has 8 nitrogen and oxygen atoms in total. The molecule has 0 radical (unpaired) electrons. The van der Waals surface area contributed by atoms with Gasteiger partial charge in [-0.3, -0.25) is 0 Å². The molecule has 0 unspecified atom stereocenters. The minimum atomic E-state index is 0.517. The number of nitrogens with zero attached hydrogens (tertiary/aromatic N) is 4. The zero-order valence-electron chi connectivity index (χ0n) is 14.7. The van der Waals surface area contributed by atoms with E-state index in [1.807, 2.05) is 35.0 Å². The third kappa shape index (κ3) is 4.62. The quantitative estimate of drug-likeness (QED) is 0.507. The number of hydrogen-bond acceptors (Lipinski definition) is 7. The van der Waals surface area contributed by atoms with Gasteiger partial charge < -0.3 is 25.7 Å². The number of nitrogens with one attached hydrogen (secondary N) is 2. The minimum Gasteiger partial charge on any atom is -0.497 e. The van der Waals surface area contributed by atoms with Crippen molar-refractivity contribution in [2.45, 2.75) is 19.5 Å². The van der Waals surface area contributed by atoms with E-state index in [9.17, 15) is 0 Å². The van der Waals surface area contributed by atoms with Gasteiger partial charge >= 0.3 is 0 Å². The van der Waals surface area contributed by atoms with Crippen molar-refractivity contribution in [3.63, 3.8) is 0 Å². The first-order valence-corrected chi connectivity index (χ1v) is 8.43. The molecule has 0 amide bonds. The average Bonchev–Trinajstić information content (AvgIpc) is 3.19. The van der Waals surface area contributed by atoms with Crippen LogP contribution in [-0.4, -0.2) is 33.2 Å². The summed E-state index contributed by atoms with van der Waals surface area (Å²) in [7, 11) is 1.65. The molecule has 2 heterocycles. The van der Waals surface area contributed by atoms with Crippen LogP contribution < -0.4 is 21.1 Å². The smallest absolute Gasteiger partial charge is 0.155 e. The monoisotopic (exact) mass is 353 g/mol. The Morgan fingerprint density at radius 3 is 2.58 bits per heavy atom. The zero-order valence-corrected chi connectivity index (χ0v) is 14.7. The van der Waals surface area contributed by atoms with E-state index in [1.165, 1.54) is 6.33 Å². The highest BCUT2D eigenvalue weighted by Gasteiger charge is 2.07. The van der Waals surface area contributed by atoms with Gasteiger partial charge in [0, 0.05) is 32.0 Å². The van der Waals surface area contributed by atoms with E-state index in [0.29, 0.717) is 23.9 Å². The lowest BCUT2D eigenvalue weighted by atomic mass is 10.2. The summed E-state index contributed by atoms with van der Waals surface area (Å²) in [6.45, 7) is 2.27. The summed E-state index contributed by atoms with van der Waals surface area (Å²) in [5.74, 6) is 2.09. The fraction of sp³-hybridized carbons (Fsp3) is 0.278. The molecule has 0 saturated carbocycles. The van der Waals surface area contributed by atoms with Crippen LogP contribution in [0.4, 0.5) is 17.3 Å². The molecular weight excluding hydrogens is 330 g/mol. The van der Waals surface area contributed by atoms with Crippen LogP contribution in [0, 0.1) is 0 Å². The lowest BCUT2D eigenvalue weighted by molar-refractivity contribution is 0.414. The van der Waals surface area contributed by atoms with Crippen molar-refractivity contribution in [3.8, 4) is 5.75 Å². The molecule has 3 aromatic rings. The molecule has 0 atom stereocenters. The SMILES string of the molecule is COc1ccc(CNc2ncnc(NCCCn3ccnc3)c2N)cc1. The van der Waals surface area contributed by atoms with Crippen LogP contribution in [0.25, 0.3) is 0 Å². The lowest BCUT2D eigenvalue weighted by Crippen LogP contribution is -2.11. The number of imidazole rings is 1. The Bertz CT molecular complexity index is 803. The van der Waals surface area contributed by atoms with Crippen molar-refractivity contribution in [1.29, 1.82) is 0 Å². The first-order valence-electron chi connectivity index (χ1n) is 8.43. The van der Waals surface area contributed by atoms with Crippen LogP contribution in [0.1, 0.15) is 12.0 Å². The summed E-state index contributed by atoms with van der Waals surface area (Å²) >= 11 is 0. The molecule has 3 rings (SSSR count). The predicted octanol–water partition coefficient (Wildman–Crippen LogP) is 2.38. The van der Waals surface area contributed by atoms with Gasteiger partial charge in [-0.15, -0.1) is 0 Å². The molecule has 0 saturated heterocycles. The second-order valence-electron chi connectivity index (χ2n) is 5.77. The van der Waals surface area contributed by atoms with Crippen LogP contribution in [0.5, 0.6) is 5.75 Å². The van der Waals surface area contributed by atoms with Crippen molar-refractivity contribution in [3.05, 3.63) is 54.9 Å². The van der Waals surface area contributed by atoms with Gasteiger partial charge in [-0.05, 0) is 24.1 Å². The van der Waals surface area contributed by atoms with Crippen LogP contribution >= 0.6 is 0 Å². The van der Waals surface area contributed by atoms with Crippen molar-refractivity contribution in [2.24, 2.45) is 0 Å². The number of aryl methyl sites for hydroxylation is 1. The summed E-state index contributed by atoms with van der Waals surface area (Å²) in [6, 6.07) is 7.85. The molecule has 0 aliphatic heterocycles. The van der Waals surface area contributed by atoms with E-state index >= 15 is 0 Å². The van der Waals surface area contributed by atoms with E-state index in [0.717, 1.165) is 30.8 Å². The van der Waals surface area contributed by atoms with Crippen molar-refractivity contribution >= 4 is 17.3 Å². The normalized spacial score (nSPS) is 10.5. The Labute approximate surface area is 152 Å². The lowest BCUT2D eigenvalue weighted by Gasteiger charge is -2.13. The molecule has 8 heteroatoms. The van der Waals surface area contributed by atoms with Crippen molar-refractivity contribution < 1.29 is 4.74 Å². The molecule has 26 heavy (non-hydrogen) atoms. The summed E-state index contributed by atoms with van der Waals surface area (Å²) in [5.41, 5.74) is 7.81. The maximum Gasteiger partial charge on any atom is 0.155 e. The zero-order chi connectivity index (χ0) is 18.2. The highest BCUT2D eigenvalue weighted by Crippen LogP contribution is 2.23. The maximum absolute atomic E-state index is 6.18. The molecular formula is C18H23N7O. The van der Waals surface area contributed by atoms with Gasteiger partial charge in [0.2, 0.25) is 0 Å². The van der Waals surface area contributed by atoms with Gasteiger partial charge in [-0.1, -0.05) is 12.1 Å². The standard InChI is InChI=1S/C18H23N7O/c1-26-15-5-3-14(4-6-15)11-22-18-16(19)17(23-12-24-18)21-7-2-9-25-10-8-20-13-25/h3-6,8,10,12-13H,2,7,9,11,19H2,1H3,(H2,21,22,23,24). The van der Waals surface area contributed by atoms with Gasteiger partial charge in [0.1, 0.15) is 17.8 Å². The van der Waals surface area contributed by atoms with E-state index in [1.54, 1.807) is 19.6 Å². The highest BCUT2D eigenvalue weighted by atomic mass is 16.5.